The van der Waals surface area contributed by atoms with Crippen LogP contribution < -0.4 is 10.9 Å². The van der Waals surface area contributed by atoms with Gasteiger partial charge in [-0.25, -0.2) is 4.98 Å². The van der Waals surface area contributed by atoms with Crippen LogP contribution in [0.1, 0.15) is 0 Å². The highest BCUT2D eigenvalue weighted by atomic mass is 16.5. The van der Waals surface area contributed by atoms with Gasteiger partial charge in [0.2, 0.25) is 5.95 Å². The summed E-state index contributed by atoms with van der Waals surface area (Å²) >= 11 is 0. The molecule has 3 aromatic rings. The Kier molecular flexibility index (Phi) is 3.68. The predicted molar refractivity (Wildman–Crippen MR) is 87.8 cm³/mol. The van der Waals surface area contributed by atoms with E-state index in [1.807, 2.05) is 12.1 Å². The molecule has 0 unspecified atom stereocenters. The van der Waals surface area contributed by atoms with Gasteiger partial charge in [0.05, 0.1) is 35.8 Å². The Morgan fingerprint density at radius 1 is 1.30 bits per heavy atom. The number of hydrogen-bond acceptors (Lipinski definition) is 6. The molecule has 0 radical (unpaired) electrons. The third-order valence-electron chi connectivity index (χ3n) is 4.12. The summed E-state index contributed by atoms with van der Waals surface area (Å²) in [6.45, 7) is 5.08. The van der Waals surface area contributed by atoms with Gasteiger partial charge in [0, 0.05) is 31.6 Å². The zero-order valence-corrected chi connectivity index (χ0v) is 12.6. The lowest BCUT2D eigenvalue weighted by Gasteiger charge is -2.26. The second-order valence-corrected chi connectivity index (χ2v) is 5.59. The van der Waals surface area contributed by atoms with E-state index in [9.17, 15) is 4.79 Å². The highest BCUT2D eigenvalue weighted by Gasteiger charge is 2.11. The molecule has 2 aromatic heterocycles. The minimum absolute atomic E-state index is 0.157. The predicted octanol–water partition coefficient (Wildman–Crippen LogP) is 0.544. The Hall–Kier alpha value is -2.45. The Balaban J connectivity index is 1.54. The van der Waals surface area contributed by atoms with Crippen molar-refractivity contribution >= 4 is 27.8 Å². The van der Waals surface area contributed by atoms with Crippen LogP contribution in [0.25, 0.3) is 21.8 Å². The van der Waals surface area contributed by atoms with E-state index in [0.29, 0.717) is 16.9 Å². The standard InChI is InChI=1S/C15H18N6O2/c22-14-13-10-9-17-20-11(10)1-2-12(13)18-15(19-14)16-3-4-21-5-7-23-8-6-21/h1-2,9H,3-8H2,(H,17,20)(H2,16,18,19,22). The summed E-state index contributed by atoms with van der Waals surface area (Å²) in [6.07, 6.45) is 1.65. The molecule has 8 heteroatoms. The molecule has 0 aliphatic carbocycles. The zero-order valence-electron chi connectivity index (χ0n) is 12.6. The van der Waals surface area contributed by atoms with Crippen LogP contribution in [0.3, 0.4) is 0 Å². The van der Waals surface area contributed by atoms with Gasteiger partial charge in [0.15, 0.2) is 0 Å². The molecule has 3 N–H and O–H groups in total. The van der Waals surface area contributed by atoms with Crippen LogP contribution in [0.15, 0.2) is 23.1 Å². The number of hydrogen-bond donors (Lipinski definition) is 3. The third-order valence-corrected chi connectivity index (χ3v) is 4.12. The lowest BCUT2D eigenvalue weighted by molar-refractivity contribution is 0.0398. The Bertz CT molecular complexity index is 880. The first-order valence-electron chi connectivity index (χ1n) is 7.71. The van der Waals surface area contributed by atoms with E-state index in [-0.39, 0.29) is 5.56 Å². The van der Waals surface area contributed by atoms with Crippen LogP contribution in [0.2, 0.25) is 0 Å². The van der Waals surface area contributed by atoms with E-state index in [1.54, 1.807) is 6.20 Å². The smallest absolute Gasteiger partial charge is 0.260 e. The molecule has 1 aliphatic rings. The van der Waals surface area contributed by atoms with Crippen LogP contribution in [0, 0.1) is 0 Å². The number of H-pyrrole nitrogens is 2. The maximum Gasteiger partial charge on any atom is 0.260 e. The lowest BCUT2D eigenvalue weighted by Crippen LogP contribution is -2.39. The summed E-state index contributed by atoms with van der Waals surface area (Å²) in [7, 11) is 0. The highest BCUT2D eigenvalue weighted by molar-refractivity contribution is 6.04. The molecule has 8 nitrogen and oxygen atoms in total. The van der Waals surface area contributed by atoms with Crippen molar-refractivity contribution in [2.75, 3.05) is 44.7 Å². The number of benzene rings is 1. The Labute approximate surface area is 131 Å². The fourth-order valence-corrected chi connectivity index (χ4v) is 2.90. The molecule has 0 saturated carbocycles. The molecular weight excluding hydrogens is 296 g/mol. The van der Waals surface area contributed by atoms with E-state index in [2.05, 4.69) is 30.4 Å². The maximum absolute atomic E-state index is 12.4. The van der Waals surface area contributed by atoms with Gasteiger partial charge >= 0.3 is 0 Å². The molecule has 0 amide bonds. The average Bonchev–Trinajstić information content (AvgIpc) is 3.04. The topological polar surface area (TPSA) is 98.9 Å². The van der Waals surface area contributed by atoms with Crippen molar-refractivity contribution in [3.05, 3.63) is 28.7 Å². The second-order valence-electron chi connectivity index (χ2n) is 5.59. The van der Waals surface area contributed by atoms with E-state index in [1.165, 1.54) is 0 Å². The normalized spacial score (nSPS) is 16.2. The number of nitrogens with zero attached hydrogens (tertiary/aromatic N) is 3. The minimum atomic E-state index is -0.157. The fraction of sp³-hybridized carbons (Fsp3) is 0.400. The molecule has 23 heavy (non-hydrogen) atoms. The van der Waals surface area contributed by atoms with Gasteiger partial charge in [0.1, 0.15) is 0 Å². The Morgan fingerprint density at radius 2 is 2.17 bits per heavy atom. The van der Waals surface area contributed by atoms with Crippen LogP contribution in [0.4, 0.5) is 5.95 Å². The number of aromatic amines is 2. The number of aromatic nitrogens is 4. The van der Waals surface area contributed by atoms with Crippen molar-refractivity contribution in [2.45, 2.75) is 0 Å². The summed E-state index contributed by atoms with van der Waals surface area (Å²) in [4.78, 5) is 22.0. The highest BCUT2D eigenvalue weighted by Crippen LogP contribution is 2.19. The van der Waals surface area contributed by atoms with Gasteiger partial charge in [-0.15, -0.1) is 0 Å². The van der Waals surface area contributed by atoms with Gasteiger partial charge in [-0.2, -0.15) is 5.10 Å². The summed E-state index contributed by atoms with van der Waals surface area (Å²) in [5.41, 5.74) is 1.34. The van der Waals surface area contributed by atoms with E-state index >= 15 is 0 Å². The van der Waals surface area contributed by atoms with Crippen molar-refractivity contribution in [3.8, 4) is 0 Å². The van der Waals surface area contributed by atoms with Crippen molar-refractivity contribution < 1.29 is 4.74 Å². The summed E-state index contributed by atoms with van der Waals surface area (Å²) in [6, 6.07) is 3.72. The van der Waals surface area contributed by atoms with Crippen molar-refractivity contribution in [2.24, 2.45) is 0 Å². The van der Waals surface area contributed by atoms with Crippen LogP contribution in [0.5, 0.6) is 0 Å². The number of nitrogens with one attached hydrogen (secondary N) is 3. The molecule has 0 bridgehead atoms. The van der Waals surface area contributed by atoms with Gasteiger partial charge in [-0.1, -0.05) is 0 Å². The number of rotatable bonds is 4. The minimum Gasteiger partial charge on any atom is -0.379 e. The largest absolute Gasteiger partial charge is 0.379 e. The number of morpholine rings is 1. The SMILES string of the molecule is O=c1[nH]c(NCCN2CCOCC2)nc2ccc3[nH]ncc3c12. The molecule has 4 rings (SSSR count). The number of fused-ring (bicyclic) bond motifs is 3. The molecule has 120 valence electrons. The van der Waals surface area contributed by atoms with Gasteiger partial charge in [0.25, 0.3) is 5.56 Å². The quantitative estimate of drug-likeness (QED) is 0.650. The maximum atomic E-state index is 12.4. The average molecular weight is 314 g/mol. The van der Waals surface area contributed by atoms with Crippen LogP contribution in [-0.4, -0.2) is 64.5 Å². The van der Waals surface area contributed by atoms with Gasteiger partial charge in [-0.3, -0.25) is 19.8 Å². The molecule has 0 spiro atoms. The van der Waals surface area contributed by atoms with Gasteiger partial charge < -0.3 is 10.1 Å². The van der Waals surface area contributed by atoms with Crippen molar-refractivity contribution in [1.29, 1.82) is 0 Å². The molecule has 1 aromatic carbocycles. The van der Waals surface area contributed by atoms with E-state index < -0.39 is 0 Å². The first kappa shape index (κ1) is 14.2. The molecule has 1 saturated heterocycles. The third kappa shape index (κ3) is 2.78. The number of anilines is 1. The summed E-state index contributed by atoms with van der Waals surface area (Å²) in [5.74, 6) is 0.499. The lowest BCUT2D eigenvalue weighted by atomic mass is 10.1. The molecular formula is C15H18N6O2. The summed E-state index contributed by atoms with van der Waals surface area (Å²) < 4.78 is 5.33. The number of ether oxygens (including phenoxy) is 1. The Morgan fingerprint density at radius 3 is 3.04 bits per heavy atom. The van der Waals surface area contributed by atoms with Gasteiger partial charge in [-0.05, 0) is 12.1 Å². The molecule has 1 aliphatic heterocycles. The first-order chi connectivity index (χ1) is 11.3. The van der Waals surface area contributed by atoms with E-state index in [4.69, 9.17) is 4.74 Å². The fourth-order valence-electron chi connectivity index (χ4n) is 2.90. The van der Waals surface area contributed by atoms with Crippen LogP contribution in [-0.2, 0) is 4.74 Å². The van der Waals surface area contributed by atoms with E-state index in [0.717, 1.165) is 50.3 Å². The van der Waals surface area contributed by atoms with Crippen molar-refractivity contribution in [3.63, 3.8) is 0 Å². The molecule has 1 fully saturated rings. The molecule has 3 heterocycles. The summed E-state index contributed by atoms with van der Waals surface area (Å²) in [5, 5.41) is 11.4. The zero-order chi connectivity index (χ0) is 15.6. The first-order valence-corrected chi connectivity index (χ1v) is 7.71. The van der Waals surface area contributed by atoms with Crippen molar-refractivity contribution in [1.82, 2.24) is 25.1 Å². The second kappa shape index (κ2) is 5.98. The molecule has 0 atom stereocenters. The van der Waals surface area contributed by atoms with Crippen LogP contribution >= 0.6 is 0 Å². The monoisotopic (exact) mass is 314 g/mol.